The van der Waals surface area contributed by atoms with E-state index in [1.165, 1.54) is 48.7 Å². The van der Waals surface area contributed by atoms with E-state index in [1.807, 2.05) is 6.07 Å². The minimum absolute atomic E-state index is 0.956. The molecule has 0 saturated heterocycles. The molecule has 7 aromatic rings. The van der Waals surface area contributed by atoms with Gasteiger partial charge in [-0.05, 0) is 99.3 Å². The summed E-state index contributed by atoms with van der Waals surface area (Å²) in [6, 6.07) is 41.3. The van der Waals surface area contributed by atoms with Crippen LogP contribution in [0.2, 0.25) is 0 Å². The molecule has 0 aliphatic heterocycles. The maximum atomic E-state index is 5.03. The summed E-state index contributed by atoms with van der Waals surface area (Å²) >= 11 is 0. The first kappa shape index (κ1) is 25.0. The van der Waals surface area contributed by atoms with Gasteiger partial charge in [-0.25, -0.2) is 4.98 Å². The number of aromatic nitrogens is 2. The number of nitrogens with zero attached hydrogens (tertiary/aromatic N) is 2. The third-order valence-corrected chi connectivity index (χ3v) is 8.22. The maximum absolute atomic E-state index is 5.03. The van der Waals surface area contributed by atoms with Gasteiger partial charge in [0.15, 0.2) is 0 Å². The molecule has 0 bridgehead atoms. The van der Waals surface area contributed by atoms with Crippen molar-refractivity contribution < 1.29 is 0 Å². The highest BCUT2D eigenvalue weighted by Crippen LogP contribution is 2.33. The fourth-order valence-electron chi connectivity index (χ4n) is 6.35. The number of fused-ring (bicyclic) bond motifs is 3. The van der Waals surface area contributed by atoms with Gasteiger partial charge in [-0.15, -0.1) is 0 Å². The number of imidazole rings is 1. The van der Waals surface area contributed by atoms with Crippen LogP contribution in [-0.4, -0.2) is 9.55 Å². The van der Waals surface area contributed by atoms with Crippen molar-refractivity contribution in [3.63, 3.8) is 0 Å². The van der Waals surface area contributed by atoms with Gasteiger partial charge in [-0.1, -0.05) is 104 Å². The molecular weight excluding hydrogens is 496 g/mol. The van der Waals surface area contributed by atoms with Crippen molar-refractivity contribution in [3.8, 4) is 28.2 Å². The highest BCUT2D eigenvalue weighted by Gasteiger charge is 2.15. The van der Waals surface area contributed by atoms with Crippen LogP contribution in [0.25, 0.3) is 72.9 Å². The number of para-hydroxylation sites is 2. The Morgan fingerprint density at radius 3 is 2.20 bits per heavy atom. The van der Waals surface area contributed by atoms with Crippen LogP contribution >= 0.6 is 0 Å². The van der Waals surface area contributed by atoms with Crippen molar-refractivity contribution in [3.05, 3.63) is 131 Å². The van der Waals surface area contributed by atoms with Crippen LogP contribution in [0.3, 0.4) is 0 Å². The first-order chi connectivity index (χ1) is 20.2. The Labute approximate surface area is 240 Å². The van der Waals surface area contributed by atoms with E-state index in [1.54, 1.807) is 0 Å². The molecule has 0 amide bonds. The predicted molar refractivity (Wildman–Crippen MR) is 176 cm³/mol. The van der Waals surface area contributed by atoms with Gasteiger partial charge in [0.05, 0.1) is 11.0 Å². The summed E-state index contributed by atoms with van der Waals surface area (Å²) in [5.74, 6) is 0.956. The summed E-state index contributed by atoms with van der Waals surface area (Å²) in [4.78, 5) is 5.03. The van der Waals surface area contributed by atoms with E-state index < -0.39 is 0 Å². The summed E-state index contributed by atoms with van der Waals surface area (Å²) in [6.45, 7) is 6.62. The van der Waals surface area contributed by atoms with Crippen LogP contribution < -0.4 is 10.4 Å². The quantitative estimate of drug-likeness (QED) is 0.223. The van der Waals surface area contributed by atoms with Gasteiger partial charge in [0, 0.05) is 11.3 Å². The highest BCUT2D eigenvalue weighted by atomic mass is 15.1. The molecule has 0 radical (unpaired) electrons. The van der Waals surface area contributed by atoms with Crippen LogP contribution in [-0.2, 0) is 0 Å². The van der Waals surface area contributed by atoms with E-state index >= 15 is 0 Å². The largest absolute Gasteiger partial charge is 0.292 e. The lowest BCUT2D eigenvalue weighted by atomic mass is 9.90. The summed E-state index contributed by atoms with van der Waals surface area (Å²) in [5.41, 5.74) is 8.24. The van der Waals surface area contributed by atoms with Gasteiger partial charge in [0.2, 0.25) is 0 Å². The minimum Gasteiger partial charge on any atom is -0.292 e. The third kappa shape index (κ3) is 4.15. The Bertz CT molecular complexity index is 2200. The van der Waals surface area contributed by atoms with Gasteiger partial charge in [0.25, 0.3) is 0 Å². The number of aryl methyl sites for hydroxylation is 1. The zero-order chi connectivity index (χ0) is 27.9. The molecular formula is C39H32N2. The topological polar surface area (TPSA) is 17.8 Å². The van der Waals surface area contributed by atoms with Crippen LogP contribution in [0.1, 0.15) is 25.8 Å². The number of rotatable bonds is 4. The van der Waals surface area contributed by atoms with E-state index in [2.05, 4.69) is 147 Å². The van der Waals surface area contributed by atoms with Gasteiger partial charge in [-0.2, -0.15) is 0 Å². The summed E-state index contributed by atoms with van der Waals surface area (Å²) < 4.78 is 2.28. The Morgan fingerprint density at radius 1 is 0.683 bits per heavy atom. The SMILES string of the molecule is C/C=c1/c(C)c2ccccc2c(-c2ccc3cc(-n4c(-c5ccccc5)nc5ccccc54)ccc3c2)/c1=C/CC. The molecule has 0 aliphatic carbocycles. The molecule has 0 unspecified atom stereocenters. The van der Waals surface area contributed by atoms with Crippen molar-refractivity contribution in [1.29, 1.82) is 0 Å². The fourth-order valence-corrected chi connectivity index (χ4v) is 6.35. The molecule has 2 nitrogen and oxygen atoms in total. The number of hydrogen-bond donors (Lipinski definition) is 0. The van der Waals surface area contributed by atoms with Crippen molar-refractivity contribution in [2.24, 2.45) is 0 Å². The molecule has 0 spiro atoms. The average Bonchev–Trinajstić information content (AvgIpc) is 3.41. The van der Waals surface area contributed by atoms with E-state index in [0.717, 1.165) is 34.5 Å². The minimum atomic E-state index is 0.956. The van der Waals surface area contributed by atoms with Crippen LogP contribution in [0, 0.1) is 6.92 Å². The summed E-state index contributed by atoms with van der Waals surface area (Å²) in [7, 11) is 0. The second kappa shape index (κ2) is 10.2. The van der Waals surface area contributed by atoms with Gasteiger partial charge in [0.1, 0.15) is 5.82 Å². The normalized spacial score (nSPS) is 12.7. The lowest BCUT2D eigenvalue weighted by molar-refractivity contribution is 1.11. The van der Waals surface area contributed by atoms with Crippen molar-refractivity contribution in [2.45, 2.75) is 27.2 Å². The molecule has 0 aliphatic rings. The Hall–Kier alpha value is -4.95. The summed E-state index contributed by atoms with van der Waals surface area (Å²) in [5, 5.41) is 7.73. The number of benzene rings is 6. The van der Waals surface area contributed by atoms with Crippen molar-refractivity contribution in [2.75, 3.05) is 0 Å². The van der Waals surface area contributed by atoms with Gasteiger partial charge in [-0.3, -0.25) is 4.57 Å². The molecule has 0 saturated carbocycles. The van der Waals surface area contributed by atoms with Gasteiger partial charge < -0.3 is 0 Å². The van der Waals surface area contributed by atoms with E-state index in [0.29, 0.717) is 0 Å². The Kier molecular flexibility index (Phi) is 6.24. The second-order valence-corrected chi connectivity index (χ2v) is 10.6. The maximum Gasteiger partial charge on any atom is 0.145 e. The van der Waals surface area contributed by atoms with Crippen molar-refractivity contribution >= 4 is 44.7 Å². The summed E-state index contributed by atoms with van der Waals surface area (Å²) in [6.07, 6.45) is 5.64. The standard InChI is InChI=1S/C39H32N2/c1-4-13-34-32(5-2)26(3)33-16-9-10-17-35(33)38(34)30-21-20-29-25-31(23-22-28(29)24-30)41-37-19-12-11-18-36(37)40-39(41)27-14-7-6-8-15-27/h5-25H,4H2,1-3H3/b32-5-,34-13+. The molecule has 7 rings (SSSR count). The monoisotopic (exact) mass is 528 g/mol. The fraction of sp³-hybridized carbons (Fsp3) is 0.103. The molecule has 0 fully saturated rings. The van der Waals surface area contributed by atoms with Crippen LogP contribution in [0.5, 0.6) is 0 Å². The third-order valence-electron chi connectivity index (χ3n) is 8.22. The van der Waals surface area contributed by atoms with Crippen LogP contribution in [0.15, 0.2) is 115 Å². The highest BCUT2D eigenvalue weighted by molar-refractivity contribution is 6.01. The predicted octanol–water partition coefficient (Wildman–Crippen LogP) is 8.97. The zero-order valence-electron chi connectivity index (χ0n) is 23.7. The Balaban J connectivity index is 1.45. The molecule has 41 heavy (non-hydrogen) atoms. The molecule has 198 valence electrons. The van der Waals surface area contributed by atoms with Crippen molar-refractivity contribution in [1.82, 2.24) is 9.55 Å². The lowest BCUT2D eigenvalue weighted by Gasteiger charge is -2.15. The molecule has 6 aromatic carbocycles. The molecule has 1 aromatic heterocycles. The van der Waals surface area contributed by atoms with E-state index in [4.69, 9.17) is 4.98 Å². The first-order valence-electron chi connectivity index (χ1n) is 14.4. The lowest BCUT2D eigenvalue weighted by Crippen LogP contribution is -2.30. The molecule has 0 atom stereocenters. The first-order valence-corrected chi connectivity index (χ1v) is 14.4. The van der Waals surface area contributed by atoms with E-state index in [9.17, 15) is 0 Å². The van der Waals surface area contributed by atoms with E-state index in [-0.39, 0.29) is 0 Å². The molecule has 0 N–H and O–H groups in total. The number of hydrogen-bond acceptors (Lipinski definition) is 1. The van der Waals surface area contributed by atoms with Crippen LogP contribution in [0.4, 0.5) is 0 Å². The van der Waals surface area contributed by atoms with Gasteiger partial charge >= 0.3 is 0 Å². The second-order valence-electron chi connectivity index (χ2n) is 10.6. The molecule has 1 heterocycles. The Morgan fingerprint density at radius 2 is 1.39 bits per heavy atom. The zero-order valence-corrected chi connectivity index (χ0v) is 23.7. The smallest absolute Gasteiger partial charge is 0.145 e. The molecule has 2 heteroatoms. The average molecular weight is 529 g/mol.